The topological polar surface area (TPSA) is 59.1 Å². The summed E-state index contributed by atoms with van der Waals surface area (Å²) < 4.78 is 77.6. The lowest BCUT2D eigenvalue weighted by molar-refractivity contribution is -0.138. The van der Waals surface area contributed by atoms with Crippen molar-refractivity contribution in [2.75, 3.05) is 16.6 Å². The molecule has 1 amide bonds. The molecule has 0 bridgehead atoms. The molecule has 2 aromatic rings. The van der Waals surface area contributed by atoms with E-state index in [9.17, 15) is 36.2 Å². The normalized spacial score (nSPS) is 16.9. The quantitative estimate of drug-likeness (QED) is 0.701. The molecule has 6 nitrogen and oxygen atoms in total. The largest absolute Gasteiger partial charge is 0.491 e. The summed E-state index contributed by atoms with van der Waals surface area (Å²) in [4.78, 5) is 13.0. The fourth-order valence-corrected chi connectivity index (χ4v) is 3.20. The van der Waals surface area contributed by atoms with E-state index in [2.05, 4.69) is 5.53 Å². The molecule has 2 heterocycles. The molecule has 2 aliphatic rings. The Kier molecular flexibility index (Phi) is 4.34. The molecule has 0 unspecified atom stereocenters. The number of carbonyl (C=O) groups excluding carboxylic acids is 1. The highest BCUT2D eigenvalue weighted by Gasteiger charge is 2.47. The van der Waals surface area contributed by atoms with E-state index in [-0.39, 0.29) is 16.9 Å². The first-order chi connectivity index (χ1) is 14.0. The van der Waals surface area contributed by atoms with Crippen LogP contribution in [0.25, 0.3) is 0 Å². The first-order valence-electron chi connectivity index (χ1n) is 8.42. The van der Waals surface area contributed by atoms with E-state index in [4.69, 9.17) is 0 Å². The van der Waals surface area contributed by atoms with Crippen molar-refractivity contribution < 1.29 is 36.2 Å². The van der Waals surface area contributed by atoms with Gasteiger partial charge in [0, 0.05) is 0 Å². The van der Waals surface area contributed by atoms with Crippen LogP contribution >= 0.6 is 0 Å². The molecule has 0 aliphatic carbocycles. The van der Waals surface area contributed by atoms with Crippen molar-refractivity contribution >= 4 is 17.3 Å². The van der Waals surface area contributed by atoms with E-state index in [0.717, 1.165) is 34.3 Å². The van der Waals surface area contributed by atoms with E-state index >= 15 is 0 Å². The number of hydrogen-bond acceptors (Lipinski definition) is 5. The minimum absolute atomic E-state index is 0.0132. The second kappa shape index (κ2) is 6.55. The first-order valence-corrected chi connectivity index (χ1v) is 8.42. The van der Waals surface area contributed by atoms with Crippen LogP contribution in [0.3, 0.4) is 0 Å². The molecule has 12 heteroatoms. The van der Waals surface area contributed by atoms with Gasteiger partial charge in [-0.25, -0.2) is 10.0 Å². The van der Waals surface area contributed by atoms with Gasteiger partial charge in [-0.15, -0.1) is 5.53 Å². The predicted octanol–water partition coefficient (Wildman–Crippen LogP) is 4.15. The Morgan fingerprint density at radius 2 is 1.53 bits per heavy atom. The van der Waals surface area contributed by atoms with E-state index in [0.29, 0.717) is 4.90 Å². The molecule has 0 aromatic heterocycles. The number of aliphatic hydroxyl groups is 1. The van der Waals surface area contributed by atoms with Gasteiger partial charge in [-0.2, -0.15) is 26.3 Å². The number of fused-ring (bicyclic) bond motifs is 3. The number of aliphatic hydroxyl groups excluding tert-OH is 1. The number of anilines is 2. The van der Waals surface area contributed by atoms with Gasteiger partial charge in [-0.05, 0) is 36.4 Å². The molecule has 0 atom stereocenters. The smallest absolute Gasteiger partial charge is 0.416 e. The molecule has 0 radical (unpaired) electrons. The van der Waals surface area contributed by atoms with Crippen LogP contribution in [0.1, 0.15) is 15.9 Å². The fourth-order valence-electron chi connectivity index (χ4n) is 3.20. The summed E-state index contributed by atoms with van der Waals surface area (Å²) >= 11 is 0. The maximum absolute atomic E-state index is 13.1. The van der Waals surface area contributed by atoms with E-state index in [1.807, 2.05) is 0 Å². The second-order valence-electron chi connectivity index (χ2n) is 6.49. The monoisotopic (exact) mass is 430 g/mol. The maximum Gasteiger partial charge on any atom is 0.416 e. The number of benzene rings is 2. The highest BCUT2D eigenvalue weighted by molar-refractivity contribution is 6.04. The molecule has 0 spiro atoms. The van der Waals surface area contributed by atoms with Gasteiger partial charge in [0.05, 0.1) is 22.5 Å². The Morgan fingerprint density at radius 3 is 2.13 bits per heavy atom. The average molecular weight is 430 g/mol. The van der Waals surface area contributed by atoms with Gasteiger partial charge >= 0.3 is 12.4 Å². The Labute approximate surface area is 165 Å². The van der Waals surface area contributed by atoms with E-state index < -0.39 is 42.1 Å². The van der Waals surface area contributed by atoms with Crippen LogP contribution in [-0.4, -0.2) is 28.6 Å². The predicted molar refractivity (Wildman–Crippen MR) is 92.7 cm³/mol. The summed E-state index contributed by atoms with van der Waals surface area (Å²) in [5.74, 6) is -2.24. The number of alkyl halides is 6. The second-order valence-corrected chi connectivity index (χ2v) is 6.49. The van der Waals surface area contributed by atoms with Crippen LogP contribution in [0.5, 0.6) is 0 Å². The van der Waals surface area contributed by atoms with Crippen molar-refractivity contribution in [3.05, 3.63) is 71.4 Å². The molecule has 30 heavy (non-hydrogen) atoms. The lowest BCUT2D eigenvalue weighted by atomic mass is 10.1. The van der Waals surface area contributed by atoms with Crippen LogP contribution in [0, 0.1) is 0 Å². The third-order valence-electron chi connectivity index (χ3n) is 4.49. The maximum atomic E-state index is 13.1. The van der Waals surface area contributed by atoms with E-state index in [1.54, 1.807) is 6.07 Å². The zero-order chi connectivity index (χ0) is 21.8. The zero-order valence-corrected chi connectivity index (χ0v) is 14.8. The van der Waals surface area contributed by atoms with Gasteiger partial charge in [0.25, 0.3) is 11.8 Å². The minimum Gasteiger partial charge on any atom is -0.491 e. The third kappa shape index (κ3) is 3.28. The SMILES string of the molecule is O=C1c2ccccc2N2NN(c3ccc(C(F)(F)F)cc3)C(O)=C2N1CC(F)(F)F. The molecule has 4 rings (SSSR count). The van der Waals surface area contributed by atoms with Crippen molar-refractivity contribution in [3.63, 3.8) is 0 Å². The summed E-state index contributed by atoms with van der Waals surface area (Å²) in [6.07, 6.45) is -9.34. The van der Waals surface area contributed by atoms with Gasteiger partial charge in [-0.3, -0.25) is 9.69 Å². The fraction of sp³-hybridized carbons (Fsp3) is 0.167. The number of halogens is 6. The number of carbonyl (C=O) groups is 1. The lowest BCUT2D eigenvalue weighted by Gasteiger charge is -2.35. The number of amides is 1. The van der Waals surface area contributed by atoms with Gasteiger partial charge < -0.3 is 5.11 Å². The average Bonchev–Trinajstić information content (AvgIpc) is 3.01. The number of nitrogens with zero attached hydrogens (tertiary/aromatic N) is 3. The van der Waals surface area contributed by atoms with Crippen molar-refractivity contribution in [1.82, 2.24) is 10.4 Å². The highest BCUT2D eigenvalue weighted by atomic mass is 19.4. The van der Waals surface area contributed by atoms with Crippen LogP contribution in [0.4, 0.5) is 37.7 Å². The molecule has 0 saturated heterocycles. The summed E-state index contributed by atoms with van der Waals surface area (Å²) in [5, 5.41) is 12.5. The standard InChI is InChI=1S/C18H12F6N4O2/c19-17(20,21)9-26-14-16(30)27(11-7-5-10(6-8-11)18(22,23)24)25-28(14)13-4-2-1-3-12(13)15(26)29/h1-8,25,30H,9H2. The number of rotatable bonds is 2. The summed E-state index contributed by atoms with van der Waals surface area (Å²) in [6, 6.07) is 9.40. The van der Waals surface area contributed by atoms with Crippen LogP contribution in [0.2, 0.25) is 0 Å². The van der Waals surface area contributed by atoms with Crippen molar-refractivity contribution in [2.45, 2.75) is 12.4 Å². The third-order valence-corrected chi connectivity index (χ3v) is 4.49. The number of hydrazine groups is 2. The molecule has 158 valence electrons. The summed E-state index contributed by atoms with van der Waals surface area (Å²) in [5.41, 5.74) is 1.82. The van der Waals surface area contributed by atoms with Gasteiger partial charge in [-0.1, -0.05) is 12.1 Å². The Balaban J connectivity index is 1.79. The van der Waals surface area contributed by atoms with Gasteiger partial charge in [0.15, 0.2) is 5.82 Å². The van der Waals surface area contributed by atoms with Crippen molar-refractivity contribution in [1.29, 1.82) is 0 Å². The van der Waals surface area contributed by atoms with Gasteiger partial charge in [0.2, 0.25) is 0 Å². The van der Waals surface area contributed by atoms with E-state index in [1.165, 1.54) is 18.2 Å². The summed E-state index contributed by atoms with van der Waals surface area (Å²) in [6.45, 7) is -1.67. The molecular formula is C18H12F6N4O2. The van der Waals surface area contributed by atoms with Crippen LogP contribution < -0.4 is 15.6 Å². The number of para-hydroxylation sites is 1. The molecular weight excluding hydrogens is 418 g/mol. The number of hydrogen-bond donors (Lipinski definition) is 2. The molecule has 0 fully saturated rings. The van der Waals surface area contributed by atoms with Gasteiger partial charge in [0.1, 0.15) is 6.54 Å². The van der Waals surface area contributed by atoms with Crippen LogP contribution in [0.15, 0.2) is 60.2 Å². The van der Waals surface area contributed by atoms with Crippen LogP contribution in [-0.2, 0) is 6.18 Å². The Morgan fingerprint density at radius 1 is 0.900 bits per heavy atom. The summed E-state index contributed by atoms with van der Waals surface area (Å²) in [7, 11) is 0. The molecule has 2 aromatic carbocycles. The zero-order valence-electron chi connectivity index (χ0n) is 14.8. The Bertz CT molecular complexity index is 1030. The molecule has 2 N–H and O–H groups in total. The van der Waals surface area contributed by atoms with Crippen molar-refractivity contribution in [3.8, 4) is 0 Å². The minimum atomic E-state index is -4.76. The highest BCUT2D eigenvalue weighted by Crippen LogP contribution is 2.39. The Hall–Kier alpha value is -3.41. The molecule has 0 saturated carbocycles. The first kappa shape index (κ1) is 19.9. The van der Waals surface area contributed by atoms with Crippen molar-refractivity contribution in [2.24, 2.45) is 0 Å². The lowest BCUT2D eigenvalue weighted by Crippen LogP contribution is -2.51. The number of nitrogens with one attached hydrogen (secondary N) is 1. The molecule has 2 aliphatic heterocycles.